The van der Waals surface area contributed by atoms with Crippen molar-refractivity contribution in [2.75, 3.05) is 38.1 Å². The van der Waals surface area contributed by atoms with Crippen LogP contribution in [0.15, 0.2) is 18.3 Å². The molecule has 5 heteroatoms. The summed E-state index contributed by atoms with van der Waals surface area (Å²) in [6.45, 7) is 10.1. The highest BCUT2D eigenvalue weighted by atomic mass is 16.2. The average Bonchev–Trinajstić information content (AvgIpc) is 2.61. The quantitative estimate of drug-likeness (QED) is 0.834. The molecule has 1 aliphatic heterocycles. The number of aromatic nitrogens is 1. The van der Waals surface area contributed by atoms with E-state index < -0.39 is 0 Å². The molecule has 0 bridgehead atoms. The maximum atomic E-state index is 12.7. The van der Waals surface area contributed by atoms with E-state index in [1.54, 1.807) is 6.20 Å². The molecule has 1 aromatic rings. The van der Waals surface area contributed by atoms with Gasteiger partial charge in [0.1, 0.15) is 5.82 Å². The summed E-state index contributed by atoms with van der Waals surface area (Å²) in [5.74, 6) is 1.80. The van der Waals surface area contributed by atoms with Crippen molar-refractivity contribution < 1.29 is 4.79 Å². The molecule has 0 radical (unpaired) electrons. The molecule has 0 aromatic carbocycles. The topological polar surface area (TPSA) is 48.5 Å². The third kappa shape index (κ3) is 4.69. The van der Waals surface area contributed by atoms with Gasteiger partial charge in [0, 0.05) is 31.9 Å². The fourth-order valence-corrected chi connectivity index (χ4v) is 3.43. The van der Waals surface area contributed by atoms with Gasteiger partial charge in [0.2, 0.25) is 0 Å². The summed E-state index contributed by atoms with van der Waals surface area (Å²) in [5.41, 5.74) is 0.701. The third-order valence-electron chi connectivity index (χ3n) is 4.96. The van der Waals surface area contributed by atoms with Gasteiger partial charge < -0.3 is 15.1 Å². The second-order valence-electron chi connectivity index (χ2n) is 6.91. The zero-order chi connectivity index (χ0) is 17.5. The van der Waals surface area contributed by atoms with Crippen LogP contribution in [0.1, 0.15) is 50.4 Å². The lowest BCUT2D eigenvalue weighted by Crippen LogP contribution is -2.39. The van der Waals surface area contributed by atoms with Crippen molar-refractivity contribution >= 4 is 11.7 Å². The number of amides is 1. The Hall–Kier alpha value is -1.62. The van der Waals surface area contributed by atoms with Crippen molar-refractivity contribution in [2.45, 2.75) is 46.1 Å². The minimum absolute atomic E-state index is 0.119. The van der Waals surface area contributed by atoms with E-state index in [1.807, 2.05) is 24.1 Å². The number of carbonyl (C=O) groups excluding carboxylic acids is 1. The predicted octanol–water partition coefficient (Wildman–Crippen LogP) is 2.78. The average molecular weight is 332 g/mol. The molecule has 2 heterocycles. The van der Waals surface area contributed by atoms with Gasteiger partial charge in [-0.25, -0.2) is 4.98 Å². The molecule has 0 atom stereocenters. The maximum Gasteiger partial charge on any atom is 0.255 e. The molecule has 5 nitrogen and oxygen atoms in total. The number of piperidine rings is 1. The molecule has 1 saturated heterocycles. The minimum Gasteiger partial charge on any atom is -0.354 e. The Morgan fingerprint density at radius 3 is 2.58 bits per heavy atom. The van der Waals surface area contributed by atoms with Crippen LogP contribution in [0.3, 0.4) is 0 Å². The van der Waals surface area contributed by atoms with Crippen LogP contribution in [0.2, 0.25) is 0 Å². The van der Waals surface area contributed by atoms with Crippen molar-refractivity contribution in [3.05, 3.63) is 23.9 Å². The Kier molecular flexibility index (Phi) is 7.03. The van der Waals surface area contributed by atoms with E-state index >= 15 is 0 Å². The van der Waals surface area contributed by atoms with Gasteiger partial charge in [-0.05, 0) is 71.7 Å². The predicted molar refractivity (Wildman–Crippen MR) is 99.6 cm³/mol. The molecule has 24 heavy (non-hydrogen) atoms. The van der Waals surface area contributed by atoms with Gasteiger partial charge >= 0.3 is 0 Å². The number of likely N-dealkylation sites (tertiary alicyclic amines) is 1. The Morgan fingerprint density at radius 1 is 1.38 bits per heavy atom. The van der Waals surface area contributed by atoms with Gasteiger partial charge in [0.15, 0.2) is 0 Å². The smallest absolute Gasteiger partial charge is 0.255 e. The number of pyridine rings is 1. The lowest BCUT2D eigenvalue weighted by molar-refractivity contribution is 0.0686. The first-order valence-electron chi connectivity index (χ1n) is 9.23. The third-order valence-corrected chi connectivity index (χ3v) is 4.96. The van der Waals surface area contributed by atoms with Crippen molar-refractivity contribution in [1.29, 1.82) is 0 Å². The number of carbonyl (C=O) groups is 1. The van der Waals surface area contributed by atoms with Crippen molar-refractivity contribution in [2.24, 2.45) is 5.92 Å². The SMILES string of the molecule is CCN(c1ccc(C(=O)N2CCC(CCNC)CC2)cn1)C(C)C. The number of anilines is 1. The summed E-state index contributed by atoms with van der Waals surface area (Å²) in [4.78, 5) is 21.4. The van der Waals surface area contributed by atoms with Crippen LogP contribution < -0.4 is 10.2 Å². The highest BCUT2D eigenvalue weighted by Gasteiger charge is 2.23. The second kappa shape index (κ2) is 9.02. The molecule has 1 N–H and O–H groups in total. The normalized spacial score (nSPS) is 15.8. The van der Waals surface area contributed by atoms with Crippen LogP contribution >= 0.6 is 0 Å². The van der Waals surface area contributed by atoms with E-state index in [-0.39, 0.29) is 5.91 Å². The van der Waals surface area contributed by atoms with E-state index in [1.165, 1.54) is 6.42 Å². The van der Waals surface area contributed by atoms with E-state index in [9.17, 15) is 4.79 Å². The zero-order valence-electron chi connectivity index (χ0n) is 15.6. The molecule has 1 aromatic heterocycles. The fraction of sp³-hybridized carbons (Fsp3) is 0.684. The first kappa shape index (κ1) is 18.7. The van der Waals surface area contributed by atoms with Gasteiger partial charge in [-0.15, -0.1) is 0 Å². The van der Waals surface area contributed by atoms with Crippen LogP contribution in [-0.4, -0.2) is 55.1 Å². The molecule has 134 valence electrons. The summed E-state index contributed by atoms with van der Waals surface area (Å²) in [5, 5.41) is 3.21. The molecule has 0 unspecified atom stereocenters. The van der Waals surface area contributed by atoms with Gasteiger partial charge in [-0.1, -0.05) is 0 Å². The van der Waals surface area contributed by atoms with Gasteiger partial charge in [0.25, 0.3) is 5.91 Å². The van der Waals surface area contributed by atoms with Crippen molar-refractivity contribution in [3.8, 4) is 0 Å². The molecule has 1 amide bonds. The zero-order valence-corrected chi connectivity index (χ0v) is 15.6. The Morgan fingerprint density at radius 2 is 2.08 bits per heavy atom. The van der Waals surface area contributed by atoms with Gasteiger partial charge in [0.05, 0.1) is 5.56 Å². The largest absolute Gasteiger partial charge is 0.354 e. The Bertz CT molecular complexity index is 507. The summed E-state index contributed by atoms with van der Waals surface area (Å²) >= 11 is 0. The first-order valence-corrected chi connectivity index (χ1v) is 9.23. The molecular formula is C19H32N4O. The van der Waals surface area contributed by atoms with Crippen molar-refractivity contribution in [1.82, 2.24) is 15.2 Å². The van der Waals surface area contributed by atoms with Crippen LogP contribution in [0.4, 0.5) is 5.82 Å². The van der Waals surface area contributed by atoms with E-state index in [0.29, 0.717) is 11.6 Å². The lowest BCUT2D eigenvalue weighted by atomic mass is 9.93. The maximum absolute atomic E-state index is 12.7. The molecule has 0 saturated carbocycles. The Labute approximate surface area is 146 Å². The molecule has 1 fully saturated rings. The first-order chi connectivity index (χ1) is 11.6. The van der Waals surface area contributed by atoms with Crippen LogP contribution in [-0.2, 0) is 0 Å². The van der Waals surface area contributed by atoms with E-state index in [2.05, 4.69) is 36.0 Å². The molecule has 0 aliphatic carbocycles. The monoisotopic (exact) mass is 332 g/mol. The molecule has 1 aliphatic rings. The molecular weight excluding hydrogens is 300 g/mol. The van der Waals surface area contributed by atoms with Crippen LogP contribution in [0, 0.1) is 5.92 Å². The van der Waals surface area contributed by atoms with Gasteiger partial charge in [-0.2, -0.15) is 0 Å². The summed E-state index contributed by atoms with van der Waals surface area (Å²) < 4.78 is 0. The number of nitrogens with one attached hydrogen (secondary N) is 1. The summed E-state index contributed by atoms with van der Waals surface area (Å²) in [6.07, 6.45) is 5.15. The summed E-state index contributed by atoms with van der Waals surface area (Å²) in [7, 11) is 1.99. The standard InChI is InChI=1S/C19H32N4O/c1-5-23(15(2)3)18-7-6-17(14-21-18)19(24)22-12-9-16(10-13-22)8-11-20-4/h6-7,14-16,20H,5,8-13H2,1-4H3. The van der Waals surface area contributed by atoms with Crippen LogP contribution in [0.25, 0.3) is 0 Å². The van der Waals surface area contributed by atoms with E-state index in [0.717, 1.165) is 50.8 Å². The van der Waals surface area contributed by atoms with Gasteiger partial charge in [-0.3, -0.25) is 4.79 Å². The number of rotatable bonds is 7. The Balaban J connectivity index is 1.93. The van der Waals surface area contributed by atoms with Crippen molar-refractivity contribution in [3.63, 3.8) is 0 Å². The summed E-state index contributed by atoms with van der Waals surface area (Å²) in [6, 6.07) is 4.29. The minimum atomic E-state index is 0.119. The lowest BCUT2D eigenvalue weighted by Gasteiger charge is -2.32. The highest BCUT2D eigenvalue weighted by Crippen LogP contribution is 2.22. The number of hydrogen-bond donors (Lipinski definition) is 1. The second-order valence-corrected chi connectivity index (χ2v) is 6.91. The molecule has 2 rings (SSSR count). The highest BCUT2D eigenvalue weighted by molar-refractivity contribution is 5.94. The number of nitrogens with zero attached hydrogens (tertiary/aromatic N) is 3. The van der Waals surface area contributed by atoms with E-state index in [4.69, 9.17) is 0 Å². The number of hydrogen-bond acceptors (Lipinski definition) is 4. The fourth-order valence-electron chi connectivity index (χ4n) is 3.43. The van der Waals surface area contributed by atoms with Crippen LogP contribution in [0.5, 0.6) is 0 Å². The molecule has 0 spiro atoms.